The summed E-state index contributed by atoms with van der Waals surface area (Å²) < 4.78 is 5.79. The van der Waals surface area contributed by atoms with Crippen molar-refractivity contribution in [3.8, 4) is 11.6 Å². The van der Waals surface area contributed by atoms with Crippen molar-refractivity contribution < 1.29 is 9.53 Å². The van der Waals surface area contributed by atoms with Crippen LogP contribution in [0.5, 0.6) is 11.6 Å². The van der Waals surface area contributed by atoms with Crippen molar-refractivity contribution in [1.29, 1.82) is 0 Å². The summed E-state index contributed by atoms with van der Waals surface area (Å²) in [4.78, 5) is 16.1. The van der Waals surface area contributed by atoms with E-state index in [9.17, 15) is 4.79 Å². The molecule has 0 saturated heterocycles. The molecule has 1 aromatic carbocycles. The Morgan fingerprint density at radius 1 is 1.22 bits per heavy atom. The fraction of sp³-hybridized carbons (Fsp3) is 0.333. The maximum atomic E-state index is 11.9. The van der Waals surface area contributed by atoms with Crippen LogP contribution in [0, 0.1) is 19.8 Å². The first-order valence-corrected chi connectivity index (χ1v) is 7.65. The van der Waals surface area contributed by atoms with Crippen molar-refractivity contribution in [3.05, 3.63) is 47.7 Å². The van der Waals surface area contributed by atoms with Crippen LogP contribution >= 0.6 is 0 Å². The molecule has 2 aromatic rings. The first-order chi connectivity index (χ1) is 10.9. The van der Waals surface area contributed by atoms with Gasteiger partial charge in [0.25, 0.3) is 0 Å². The molecule has 0 unspecified atom stereocenters. The van der Waals surface area contributed by atoms with E-state index in [1.165, 1.54) is 0 Å². The van der Waals surface area contributed by atoms with Gasteiger partial charge in [0.05, 0.1) is 17.9 Å². The molecule has 122 valence electrons. The molecule has 23 heavy (non-hydrogen) atoms. The van der Waals surface area contributed by atoms with Gasteiger partial charge in [0.2, 0.25) is 11.8 Å². The number of benzene rings is 1. The molecule has 0 aliphatic rings. The summed E-state index contributed by atoms with van der Waals surface area (Å²) in [6.07, 6.45) is 1.56. The summed E-state index contributed by atoms with van der Waals surface area (Å²) in [7, 11) is 0. The maximum absolute atomic E-state index is 11.9. The van der Waals surface area contributed by atoms with Gasteiger partial charge >= 0.3 is 0 Å². The summed E-state index contributed by atoms with van der Waals surface area (Å²) >= 11 is 0. The van der Waals surface area contributed by atoms with Gasteiger partial charge < -0.3 is 15.8 Å². The van der Waals surface area contributed by atoms with Crippen molar-refractivity contribution in [1.82, 2.24) is 4.98 Å². The molecule has 0 saturated carbocycles. The lowest BCUT2D eigenvalue weighted by Gasteiger charge is -2.15. The average Bonchev–Trinajstić information content (AvgIpc) is 2.52. The summed E-state index contributed by atoms with van der Waals surface area (Å²) in [5.41, 5.74) is 8.65. The number of nitrogens with two attached hydrogens (primary N) is 1. The van der Waals surface area contributed by atoms with Gasteiger partial charge in [-0.05, 0) is 43.0 Å². The normalized spacial score (nSPS) is 12.1. The Balaban J connectivity index is 2.05. The van der Waals surface area contributed by atoms with E-state index in [1.54, 1.807) is 18.3 Å². The van der Waals surface area contributed by atoms with Crippen LogP contribution in [0.1, 0.15) is 25.0 Å². The monoisotopic (exact) mass is 313 g/mol. The van der Waals surface area contributed by atoms with Crippen molar-refractivity contribution in [2.45, 2.75) is 33.7 Å². The minimum absolute atomic E-state index is 0.0786. The van der Waals surface area contributed by atoms with Gasteiger partial charge in [-0.15, -0.1) is 0 Å². The molecule has 0 fully saturated rings. The van der Waals surface area contributed by atoms with Crippen LogP contribution in [0.15, 0.2) is 36.5 Å². The Hall–Kier alpha value is -2.40. The first-order valence-electron chi connectivity index (χ1n) is 7.65. The summed E-state index contributed by atoms with van der Waals surface area (Å²) in [6.45, 7) is 7.85. The Labute approximate surface area is 136 Å². The molecule has 2 rings (SSSR count). The van der Waals surface area contributed by atoms with Crippen molar-refractivity contribution >= 4 is 11.6 Å². The lowest BCUT2D eigenvalue weighted by atomic mass is 10.1. The van der Waals surface area contributed by atoms with Gasteiger partial charge in [0, 0.05) is 6.07 Å². The third kappa shape index (κ3) is 4.29. The summed E-state index contributed by atoms with van der Waals surface area (Å²) in [5, 5.41) is 2.75. The minimum atomic E-state index is -0.541. The Morgan fingerprint density at radius 2 is 1.96 bits per heavy atom. The number of carbonyl (C=O) groups is 1. The molecule has 1 heterocycles. The van der Waals surface area contributed by atoms with E-state index in [1.807, 2.05) is 45.9 Å². The summed E-state index contributed by atoms with van der Waals surface area (Å²) in [5.74, 6) is 1.11. The zero-order chi connectivity index (χ0) is 17.0. The Morgan fingerprint density at radius 3 is 2.57 bits per heavy atom. The van der Waals surface area contributed by atoms with E-state index in [0.717, 1.165) is 16.9 Å². The van der Waals surface area contributed by atoms with E-state index in [0.29, 0.717) is 11.6 Å². The Bertz CT molecular complexity index is 681. The van der Waals surface area contributed by atoms with E-state index < -0.39 is 6.04 Å². The predicted octanol–water partition coefficient (Wildman–Crippen LogP) is 3.41. The number of nitrogens with one attached hydrogen (secondary N) is 1. The molecule has 3 N–H and O–H groups in total. The van der Waals surface area contributed by atoms with Crippen molar-refractivity contribution in [2.75, 3.05) is 5.32 Å². The van der Waals surface area contributed by atoms with Crippen LogP contribution in [0.3, 0.4) is 0 Å². The van der Waals surface area contributed by atoms with E-state index in [4.69, 9.17) is 10.5 Å². The van der Waals surface area contributed by atoms with E-state index in [2.05, 4.69) is 10.3 Å². The fourth-order valence-corrected chi connectivity index (χ4v) is 1.99. The van der Waals surface area contributed by atoms with Gasteiger partial charge in [-0.3, -0.25) is 4.79 Å². The topological polar surface area (TPSA) is 77.2 Å². The minimum Gasteiger partial charge on any atom is -0.439 e. The molecule has 0 aliphatic carbocycles. The number of ether oxygens (including phenoxy) is 1. The lowest BCUT2D eigenvalue weighted by Crippen LogP contribution is -2.39. The van der Waals surface area contributed by atoms with Crippen LogP contribution in [-0.2, 0) is 4.79 Å². The number of aryl methyl sites for hydroxylation is 1. The number of nitrogens with zero attached hydrogens (tertiary/aromatic N) is 1. The molecule has 1 amide bonds. The molecule has 0 aliphatic heterocycles. The quantitative estimate of drug-likeness (QED) is 0.886. The van der Waals surface area contributed by atoms with Gasteiger partial charge in [0.15, 0.2) is 0 Å². The number of hydrogen-bond acceptors (Lipinski definition) is 4. The molecule has 1 atom stereocenters. The van der Waals surface area contributed by atoms with E-state index in [-0.39, 0.29) is 11.8 Å². The van der Waals surface area contributed by atoms with Crippen LogP contribution in [0.4, 0.5) is 5.69 Å². The van der Waals surface area contributed by atoms with Gasteiger partial charge in [0.1, 0.15) is 5.75 Å². The largest absolute Gasteiger partial charge is 0.439 e. The first kappa shape index (κ1) is 17.0. The van der Waals surface area contributed by atoms with Gasteiger partial charge in [-0.2, -0.15) is 0 Å². The smallest absolute Gasteiger partial charge is 0.241 e. The molecule has 0 spiro atoms. The van der Waals surface area contributed by atoms with Gasteiger partial charge in [-0.25, -0.2) is 4.98 Å². The molecule has 5 nitrogen and oxygen atoms in total. The molecule has 1 aromatic heterocycles. The number of hydrogen-bond donors (Lipinski definition) is 2. The molecule has 0 radical (unpaired) electrons. The third-order valence-corrected chi connectivity index (χ3v) is 3.79. The number of anilines is 1. The fourth-order valence-electron chi connectivity index (χ4n) is 1.99. The number of aromatic nitrogens is 1. The standard InChI is InChI=1S/C18H23N3O2/c1-11(2)17(19)18(22)21-14-8-9-16(20-10-14)23-15-7-5-6-12(3)13(15)4/h5-11,17H,19H2,1-4H3,(H,21,22)/t17-/m0/s1. The van der Waals surface area contributed by atoms with Crippen molar-refractivity contribution in [3.63, 3.8) is 0 Å². The lowest BCUT2D eigenvalue weighted by molar-refractivity contribution is -0.118. The zero-order valence-electron chi connectivity index (χ0n) is 14.0. The number of rotatable bonds is 5. The highest BCUT2D eigenvalue weighted by atomic mass is 16.5. The van der Waals surface area contributed by atoms with Crippen LogP contribution < -0.4 is 15.8 Å². The highest BCUT2D eigenvalue weighted by Gasteiger charge is 2.17. The predicted molar refractivity (Wildman–Crippen MR) is 91.7 cm³/mol. The maximum Gasteiger partial charge on any atom is 0.241 e. The molecule has 0 bridgehead atoms. The molecule has 5 heteroatoms. The van der Waals surface area contributed by atoms with Crippen LogP contribution in [0.25, 0.3) is 0 Å². The number of pyridine rings is 1. The van der Waals surface area contributed by atoms with E-state index >= 15 is 0 Å². The van der Waals surface area contributed by atoms with Crippen molar-refractivity contribution in [2.24, 2.45) is 11.7 Å². The highest BCUT2D eigenvalue weighted by Crippen LogP contribution is 2.26. The second-order valence-corrected chi connectivity index (χ2v) is 5.94. The SMILES string of the molecule is Cc1cccc(Oc2ccc(NC(=O)[C@@H](N)C(C)C)cn2)c1C. The zero-order valence-corrected chi connectivity index (χ0v) is 14.0. The van der Waals surface area contributed by atoms with Crippen LogP contribution in [0.2, 0.25) is 0 Å². The molecular weight excluding hydrogens is 290 g/mol. The molecular formula is C18H23N3O2. The highest BCUT2D eigenvalue weighted by molar-refractivity contribution is 5.94. The van der Waals surface area contributed by atoms with Gasteiger partial charge in [-0.1, -0.05) is 26.0 Å². The second-order valence-electron chi connectivity index (χ2n) is 5.94. The summed E-state index contributed by atoms with van der Waals surface area (Å²) in [6, 6.07) is 8.81. The number of carbonyl (C=O) groups excluding carboxylic acids is 1. The average molecular weight is 313 g/mol. The Kier molecular flexibility index (Phi) is 5.34. The third-order valence-electron chi connectivity index (χ3n) is 3.79. The number of amides is 1. The second kappa shape index (κ2) is 7.24. The van der Waals surface area contributed by atoms with Crippen LogP contribution in [-0.4, -0.2) is 16.9 Å².